The maximum Gasteiger partial charge on any atom is 0.121 e. The van der Waals surface area contributed by atoms with Gasteiger partial charge in [0.15, 0.2) is 0 Å². The van der Waals surface area contributed by atoms with Crippen molar-refractivity contribution in [3.63, 3.8) is 0 Å². The molecule has 3 aromatic rings. The van der Waals surface area contributed by atoms with Crippen LogP contribution in [0.15, 0.2) is 54.2 Å². The summed E-state index contributed by atoms with van der Waals surface area (Å²) in [5.74, 6) is 0.925. The van der Waals surface area contributed by atoms with Crippen molar-refractivity contribution in [2.45, 2.75) is 44.9 Å². The fourth-order valence-electron chi connectivity index (χ4n) is 3.80. The van der Waals surface area contributed by atoms with Gasteiger partial charge in [-0.15, -0.1) is 0 Å². The monoisotopic (exact) mass is 376 g/mol. The molecule has 0 saturated heterocycles. The molecule has 28 heavy (non-hydrogen) atoms. The minimum absolute atomic E-state index is 0.00489. The third kappa shape index (κ3) is 4.30. The first-order valence-electron chi connectivity index (χ1n) is 9.97. The molecule has 0 amide bonds. The highest BCUT2D eigenvalue weighted by atomic mass is 15.2. The van der Waals surface area contributed by atoms with Gasteiger partial charge in [0.2, 0.25) is 0 Å². The Morgan fingerprint density at radius 3 is 3.07 bits per heavy atom. The number of fused-ring (bicyclic) bond motifs is 2. The summed E-state index contributed by atoms with van der Waals surface area (Å²) in [6.07, 6.45) is 7.41. The number of hydrogen-bond acceptors (Lipinski definition) is 5. The SMILES string of the molecule is CC(=CC(NCc1nc2ccccc2[nH]1)NC1CCCc2cccnc21)CN. The van der Waals surface area contributed by atoms with Crippen molar-refractivity contribution < 1.29 is 0 Å². The number of para-hydroxylation sites is 2. The topological polar surface area (TPSA) is 91.6 Å². The minimum Gasteiger partial charge on any atom is -0.341 e. The molecule has 0 fully saturated rings. The Hall–Kier alpha value is -2.54. The molecule has 2 unspecified atom stereocenters. The molecule has 0 saturated carbocycles. The van der Waals surface area contributed by atoms with Crippen molar-refractivity contribution >= 4 is 11.0 Å². The molecule has 0 aliphatic heterocycles. The van der Waals surface area contributed by atoms with E-state index in [2.05, 4.69) is 44.7 Å². The van der Waals surface area contributed by atoms with Gasteiger partial charge in [-0.25, -0.2) is 4.98 Å². The summed E-state index contributed by atoms with van der Waals surface area (Å²) >= 11 is 0. The van der Waals surface area contributed by atoms with Crippen LogP contribution in [0, 0.1) is 0 Å². The zero-order valence-electron chi connectivity index (χ0n) is 16.3. The number of hydrogen-bond donors (Lipinski definition) is 4. The smallest absolute Gasteiger partial charge is 0.121 e. The van der Waals surface area contributed by atoms with Crippen LogP contribution in [-0.4, -0.2) is 27.7 Å². The van der Waals surface area contributed by atoms with Gasteiger partial charge >= 0.3 is 0 Å². The summed E-state index contributed by atoms with van der Waals surface area (Å²) in [7, 11) is 0. The Labute approximate surface area is 165 Å². The van der Waals surface area contributed by atoms with E-state index in [1.54, 1.807) is 0 Å². The van der Waals surface area contributed by atoms with Crippen molar-refractivity contribution in [1.82, 2.24) is 25.6 Å². The van der Waals surface area contributed by atoms with Gasteiger partial charge in [0, 0.05) is 12.7 Å². The molecule has 6 heteroatoms. The lowest BCUT2D eigenvalue weighted by Crippen LogP contribution is -2.44. The number of nitrogens with one attached hydrogen (secondary N) is 3. The Morgan fingerprint density at radius 2 is 2.21 bits per heavy atom. The summed E-state index contributed by atoms with van der Waals surface area (Å²) in [5.41, 5.74) is 11.5. The van der Waals surface area contributed by atoms with Gasteiger partial charge in [0.25, 0.3) is 0 Å². The molecule has 1 aliphatic rings. The van der Waals surface area contributed by atoms with Crippen LogP contribution in [0.5, 0.6) is 0 Å². The quantitative estimate of drug-likeness (QED) is 0.376. The second-order valence-electron chi connectivity index (χ2n) is 7.44. The number of H-pyrrole nitrogens is 1. The first kappa shape index (κ1) is 18.8. The van der Waals surface area contributed by atoms with Crippen molar-refractivity contribution in [2.75, 3.05) is 6.54 Å². The summed E-state index contributed by atoms with van der Waals surface area (Å²) in [5, 5.41) is 7.31. The van der Waals surface area contributed by atoms with Crippen molar-refractivity contribution in [1.29, 1.82) is 0 Å². The van der Waals surface area contributed by atoms with Crippen molar-refractivity contribution in [3.8, 4) is 0 Å². The van der Waals surface area contributed by atoms with Gasteiger partial charge in [-0.3, -0.25) is 15.6 Å². The number of pyridine rings is 1. The van der Waals surface area contributed by atoms with Crippen molar-refractivity contribution in [3.05, 3.63) is 71.3 Å². The molecular formula is C22H28N6. The van der Waals surface area contributed by atoms with E-state index in [1.165, 1.54) is 17.7 Å². The average Bonchev–Trinajstić information content (AvgIpc) is 3.15. The predicted molar refractivity (Wildman–Crippen MR) is 113 cm³/mol. The molecule has 6 nitrogen and oxygen atoms in total. The lowest BCUT2D eigenvalue weighted by atomic mass is 9.91. The lowest BCUT2D eigenvalue weighted by Gasteiger charge is -2.29. The summed E-state index contributed by atoms with van der Waals surface area (Å²) < 4.78 is 0. The van der Waals surface area contributed by atoms with E-state index in [0.29, 0.717) is 13.1 Å². The second kappa shape index (κ2) is 8.65. The molecule has 146 valence electrons. The van der Waals surface area contributed by atoms with E-state index < -0.39 is 0 Å². The fourth-order valence-corrected chi connectivity index (χ4v) is 3.80. The molecule has 1 aliphatic carbocycles. The van der Waals surface area contributed by atoms with Crippen molar-refractivity contribution in [2.24, 2.45) is 5.73 Å². The normalized spacial score (nSPS) is 18.2. The van der Waals surface area contributed by atoms with Gasteiger partial charge in [0.05, 0.1) is 35.5 Å². The Kier molecular flexibility index (Phi) is 5.81. The van der Waals surface area contributed by atoms with Gasteiger partial charge in [0.1, 0.15) is 5.82 Å². The van der Waals surface area contributed by atoms with Crippen LogP contribution in [0.3, 0.4) is 0 Å². The third-order valence-corrected chi connectivity index (χ3v) is 5.28. The number of aryl methyl sites for hydroxylation is 1. The second-order valence-corrected chi connectivity index (χ2v) is 7.44. The number of imidazole rings is 1. The zero-order valence-corrected chi connectivity index (χ0v) is 16.3. The number of aromatic amines is 1. The van der Waals surface area contributed by atoms with Crippen LogP contribution >= 0.6 is 0 Å². The Morgan fingerprint density at radius 1 is 1.32 bits per heavy atom. The van der Waals surface area contributed by atoms with Gasteiger partial charge < -0.3 is 10.7 Å². The molecule has 2 heterocycles. The van der Waals surface area contributed by atoms with Crippen LogP contribution in [0.4, 0.5) is 0 Å². The fraction of sp³-hybridized carbons (Fsp3) is 0.364. The summed E-state index contributed by atoms with van der Waals surface area (Å²) in [6, 6.07) is 12.5. The van der Waals surface area contributed by atoms with Gasteiger partial charge in [-0.1, -0.05) is 29.8 Å². The molecule has 0 spiro atoms. The minimum atomic E-state index is -0.00489. The van der Waals surface area contributed by atoms with E-state index in [9.17, 15) is 0 Å². The molecule has 0 radical (unpaired) electrons. The predicted octanol–water partition coefficient (Wildman–Crippen LogP) is 2.95. The van der Waals surface area contributed by atoms with E-state index in [-0.39, 0.29) is 12.2 Å². The molecule has 1 aromatic carbocycles. The van der Waals surface area contributed by atoms with Gasteiger partial charge in [-0.05, 0) is 49.9 Å². The highest BCUT2D eigenvalue weighted by molar-refractivity contribution is 5.74. The molecule has 2 aromatic heterocycles. The van der Waals surface area contributed by atoms with Crippen LogP contribution in [-0.2, 0) is 13.0 Å². The highest BCUT2D eigenvalue weighted by Gasteiger charge is 2.23. The van der Waals surface area contributed by atoms with E-state index >= 15 is 0 Å². The van der Waals surface area contributed by atoms with Crippen LogP contribution in [0.2, 0.25) is 0 Å². The highest BCUT2D eigenvalue weighted by Crippen LogP contribution is 2.28. The number of aromatic nitrogens is 3. The number of nitrogens with zero attached hydrogens (tertiary/aromatic N) is 2. The molecule has 5 N–H and O–H groups in total. The Bertz CT molecular complexity index is 927. The Balaban J connectivity index is 1.49. The molecule has 2 atom stereocenters. The average molecular weight is 377 g/mol. The number of benzene rings is 1. The van der Waals surface area contributed by atoms with E-state index in [1.807, 2.05) is 36.5 Å². The molecule has 4 rings (SSSR count). The summed E-state index contributed by atoms with van der Waals surface area (Å²) in [6.45, 7) is 3.25. The number of rotatable bonds is 7. The van der Waals surface area contributed by atoms with Crippen LogP contribution in [0.1, 0.15) is 42.9 Å². The standard InChI is InChI=1S/C22H28N6/c1-15(13-23)12-20(25-14-21-26-17-8-2-3-9-18(17)27-21)28-19-10-4-6-16-7-5-11-24-22(16)19/h2-3,5,7-9,11-12,19-20,25,28H,4,6,10,13-14,23H2,1H3,(H,26,27). The largest absolute Gasteiger partial charge is 0.341 e. The van der Waals surface area contributed by atoms with Crippen LogP contribution in [0.25, 0.3) is 11.0 Å². The lowest BCUT2D eigenvalue weighted by molar-refractivity contribution is 0.378. The van der Waals surface area contributed by atoms with E-state index in [4.69, 9.17) is 5.73 Å². The van der Waals surface area contributed by atoms with Crippen LogP contribution < -0.4 is 16.4 Å². The first-order valence-corrected chi connectivity index (χ1v) is 9.97. The maximum atomic E-state index is 5.83. The third-order valence-electron chi connectivity index (χ3n) is 5.28. The summed E-state index contributed by atoms with van der Waals surface area (Å²) in [4.78, 5) is 12.7. The maximum absolute atomic E-state index is 5.83. The van der Waals surface area contributed by atoms with Gasteiger partial charge in [-0.2, -0.15) is 0 Å². The zero-order chi connectivity index (χ0) is 19.3. The van der Waals surface area contributed by atoms with E-state index in [0.717, 1.165) is 35.3 Å². The molecular weight excluding hydrogens is 348 g/mol. The number of nitrogens with two attached hydrogens (primary N) is 1. The first-order chi connectivity index (χ1) is 13.7. The molecule has 0 bridgehead atoms.